The fraction of sp³-hybridized carbons (Fsp3) is 0.421. The first-order chi connectivity index (χ1) is 12.9. The molecule has 0 saturated heterocycles. The van der Waals surface area contributed by atoms with E-state index in [2.05, 4.69) is 20.8 Å². The summed E-state index contributed by atoms with van der Waals surface area (Å²) in [7, 11) is 0. The first-order valence-corrected chi connectivity index (χ1v) is 9.67. The molecule has 2 amide bonds. The zero-order chi connectivity index (χ0) is 19.6. The summed E-state index contributed by atoms with van der Waals surface area (Å²) in [5, 5.41) is 13.1. The molecular weight excluding hydrogens is 387 g/mol. The van der Waals surface area contributed by atoms with Crippen LogP contribution in [-0.2, 0) is 9.59 Å². The molecule has 8 heteroatoms. The Labute approximate surface area is 168 Å². The zero-order valence-corrected chi connectivity index (χ0v) is 16.6. The van der Waals surface area contributed by atoms with Crippen LogP contribution >= 0.6 is 23.2 Å². The minimum absolute atomic E-state index is 0.0339. The lowest BCUT2D eigenvalue weighted by atomic mass is 10.0. The van der Waals surface area contributed by atoms with Crippen LogP contribution in [0.15, 0.2) is 30.5 Å². The van der Waals surface area contributed by atoms with Crippen LogP contribution < -0.4 is 10.6 Å². The van der Waals surface area contributed by atoms with Crippen molar-refractivity contribution in [3.8, 4) is 0 Å². The molecule has 0 aliphatic heterocycles. The van der Waals surface area contributed by atoms with Gasteiger partial charge in [0.25, 0.3) is 0 Å². The van der Waals surface area contributed by atoms with Crippen molar-refractivity contribution >= 4 is 40.8 Å². The highest BCUT2D eigenvalue weighted by molar-refractivity contribution is 6.42. The van der Waals surface area contributed by atoms with Gasteiger partial charge < -0.3 is 10.6 Å². The summed E-state index contributed by atoms with van der Waals surface area (Å²) in [6.45, 7) is 4.02. The average molecular weight is 409 g/mol. The van der Waals surface area contributed by atoms with Crippen LogP contribution in [0.4, 0.5) is 5.82 Å². The Morgan fingerprint density at radius 1 is 1.30 bits per heavy atom. The molecule has 1 saturated carbocycles. The third-order valence-electron chi connectivity index (χ3n) is 4.61. The predicted octanol–water partition coefficient (Wildman–Crippen LogP) is 3.99. The Morgan fingerprint density at radius 2 is 2.07 bits per heavy atom. The summed E-state index contributed by atoms with van der Waals surface area (Å²) < 4.78 is 0. The fourth-order valence-electron chi connectivity index (χ4n) is 3.16. The summed E-state index contributed by atoms with van der Waals surface area (Å²) >= 11 is 12.3. The van der Waals surface area contributed by atoms with Gasteiger partial charge in [0.1, 0.15) is 11.9 Å². The second-order valence-corrected chi connectivity index (χ2v) is 8.03. The number of benzene rings is 1. The summed E-state index contributed by atoms with van der Waals surface area (Å²) in [5.74, 6) is 0.182. The number of amides is 2. The number of nitrogens with zero attached hydrogens (tertiary/aromatic N) is 1. The maximum absolute atomic E-state index is 12.7. The number of aromatic nitrogens is 2. The number of nitrogens with one attached hydrogen (secondary N) is 3. The zero-order valence-electron chi connectivity index (χ0n) is 15.1. The van der Waals surface area contributed by atoms with Crippen LogP contribution in [0.25, 0.3) is 0 Å². The first kappa shape index (κ1) is 19.7. The van der Waals surface area contributed by atoms with Crippen molar-refractivity contribution in [2.24, 2.45) is 11.8 Å². The third kappa shape index (κ3) is 4.82. The molecule has 3 rings (SSSR count). The van der Waals surface area contributed by atoms with Gasteiger partial charge in [-0.05, 0) is 36.3 Å². The third-order valence-corrected chi connectivity index (χ3v) is 5.44. The molecular formula is C19H22Cl2N4O2. The Balaban J connectivity index is 1.64. The molecule has 1 aromatic carbocycles. The summed E-state index contributed by atoms with van der Waals surface area (Å²) in [5.41, 5.74) is 0.881. The maximum Gasteiger partial charge on any atom is 0.248 e. The highest BCUT2D eigenvalue weighted by atomic mass is 35.5. The van der Waals surface area contributed by atoms with Crippen molar-refractivity contribution in [1.82, 2.24) is 15.5 Å². The first-order valence-electron chi connectivity index (χ1n) is 8.91. The van der Waals surface area contributed by atoms with Gasteiger partial charge in [-0.25, -0.2) is 0 Å². The number of hydrogen-bond donors (Lipinski definition) is 3. The molecule has 2 aromatic rings. The number of H-pyrrole nitrogens is 1. The molecule has 0 bridgehead atoms. The second kappa shape index (κ2) is 8.31. The monoisotopic (exact) mass is 408 g/mol. The Morgan fingerprint density at radius 3 is 2.74 bits per heavy atom. The quantitative estimate of drug-likeness (QED) is 0.646. The van der Waals surface area contributed by atoms with Crippen molar-refractivity contribution in [2.75, 3.05) is 5.32 Å². The molecule has 27 heavy (non-hydrogen) atoms. The Bertz CT molecular complexity index is 823. The molecule has 1 aliphatic rings. The molecule has 144 valence electrons. The topological polar surface area (TPSA) is 86.9 Å². The molecule has 1 heterocycles. The lowest BCUT2D eigenvalue weighted by Gasteiger charge is -2.20. The van der Waals surface area contributed by atoms with Gasteiger partial charge in [-0.3, -0.25) is 14.7 Å². The van der Waals surface area contributed by atoms with Gasteiger partial charge in [0.05, 0.1) is 16.2 Å². The summed E-state index contributed by atoms with van der Waals surface area (Å²) in [6.07, 6.45) is 2.79. The number of anilines is 1. The fourth-order valence-corrected chi connectivity index (χ4v) is 3.61. The lowest BCUT2D eigenvalue weighted by Crippen LogP contribution is -2.45. The van der Waals surface area contributed by atoms with Crippen molar-refractivity contribution in [3.05, 3.63) is 46.1 Å². The average Bonchev–Trinajstić information content (AvgIpc) is 3.24. The van der Waals surface area contributed by atoms with Crippen LogP contribution in [0.1, 0.15) is 38.2 Å². The number of rotatable bonds is 7. The SMILES string of the molecule is CC(C)CC(NC(=O)C1CC1c1cccc(Cl)c1Cl)C(=O)Nc1ccn[nH]1. The Kier molecular flexibility index (Phi) is 6.07. The van der Waals surface area contributed by atoms with Crippen LogP contribution in [0.5, 0.6) is 0 Å². The molecule has 1 aromatic heterocycles. The van der Waals surface area contributed by atoms with Crippen LogP contribution in [0.2, 0.25) is 10.0 Å². The number of carbonyl (C=O) groups excluding carboxylic acids is 2. The van der Waals surface area contributed by atoms with E-state index < -0.39 is 6.04 Å². The van der Waals surface area contributed by atoms with E-state index in [1.807, 2.05) is 26.0 Å². The van der Waals surface area contributed by atoms with Gasteiger partial charge in [0, 0.05) is 12.0 Å². The number of hydrogen-bond acceptors (Lipinski definition) is 3. The summed E-state index contributed by atoms with van der Waals surface area (Å²) in [4.78, 5) is 25.3. The van der Waals surface area contributed by atoms with E-state index in [0.29, 0.717) is 28.7 Å². The molecule has 0 spiro atoms. The van der Waals surface area contributed by atoms with Crippen LogP contribution in [0.3, 0.4) is 0 Å². The van der Waals surface area contributed by atoms with Gasteiger partial charge in [0.15, 0.2) is 0 Å². The largest absolute Gasteiger partial charge is 0.344 e. The van der Waals surface area contributed by atoms with E-state index in [1.165, 1.54) is 0 Å². The smallest absolute Gasteiger partial charge is 0.248 e. The molecule has 1 aliphatic carbocycles. The van der Waals surface area contributed by atoms with E-state index >= 15 is 0 Å². The number of halogens is 2. The molecule has 3 unspecified atom stereocenters. The van der Waals surface area contributed by atoms with Crippen LogP contribution in [-0.4, -0.2) is 28.1 Å². The van der Waals surface area contributed by atoms with Gasteiger partial charge in [-0.1, -0.05) is 49.2 Å². The number of aromatic amines is 1. The molecule has 6 nitrogen and oxygen atoms in total. The van der Waals surface area contributed by atoms with E-state index in [-0.39, 0.29) is 29.6 Å². The van der Waals surface area contributed by atoms with E-state index in [1.54, 1.807) is 18.3 Å². The van der Waals surface area contributed by atoms with Crippen LogP contribution in [0, 0.1) is 11.8 Å². The minimum Gasteiger partial charge on any atom is -0.344 e. The molecule has 3 atom stereocenters. The van der Waals surface area contributed by atoms with Gasteiger partial charge in [0.2, 0.25) is 11.8 Å². The van der Waals surface area contributed by atoms with E-state index in [0.717, 1.165) is 5.56 Å². The molecule has 1 fully saturated rings. The van der Waals surface area contributed by atoms with Crippen molar-refractivity contribution in [3.63, 3.8) is 0 Å². The minimum atomic E-state index is -0.614. The molecule has 3 N–H and O–H groups in total. The maximum atomic E-state index is 12.7. The van der Waals surface area contributed by atoms with Crippen molar-refractivity contribution in [2.45, 2.75) is 38.6 Å². The highest BCUT2D eigenvalue weighted by Gasteiger charge is 2.45. The lowest BCUT2D eigenvalue weighted by molar-refractivity contribution is -0.127. The normalized spacial score (nSPS) is 19.6. The van der Waals surface area contributed by atoms with E-state index in [9.17, 15) is 9.59 Å². The molecule has 0 radical (unpaired) electrons. The highest BCUT2D eigenvalue weighted by Crippen LogP contribution is 2.50. The van der Waals surface area contributed by atoms with Gasteiger partial charge in [-0.2, -0.15) is 5.10 Å². The summed E-state index contributed by atoms with van der Waals surface area (Å²) in [6, 6.07) is 6.49. The number of carbonyl (C=O) groups is 2. The Hall–Kier alpha value is -2.05. The standard InChI is InChI=1S/C19H22Cl2N4O2/c1-10(2)8-15(19(27)24-16-6-7-22-25-16)23-18(26)13-9-12(13)11-4-3-5-14(20)17(11)21/h3-7,10,12-13,15H,8-9H2,1-2H3,(H,23,26)(H2,22,24,25,27). The van der Waals surface area contributed by atoms with Gasteiger partial charge in [-0.15, -0.1) is 0 Å². The van der Waals surface area contributed by atoms with Crippen molar-refractivity contribution in [1.29, 1.82) is 0 Å². The van der Waals surface area contributed by atoms with E-state index in [4.69, 9.17) is 23.2 Å². The second-order valence-electron chi connectivity index (χ2n) is 7.24. The van der Waals surface area contributed by atoms with Crippen molar-refractivity contribution < 1.29 is 9.59 Å². The van der Waals surface area contributed by atoms with Gasteiger partial charge >= 0.3 is 0 Å². The predicted molar refractivity (Wildman–Crippen MR) is 106 cm³/mol.